The minimum Gasteiger partial charge on any atom is -0.466 e. The van der Waals surface area contributed by atoms with E-state index in [2.05, 4.69) is 0 Å². The van der Waals surface area contributed by atoms with Gasteiger partial charge in [-0.3, -0.25) is 14.4 Å². The Kier molecular flexibility index (Phi) is 5.92. The van der Waals surface area contributed by atoms with Gasteiger partial charge in [-0.1, -0.05) is 18.9 Å². The predicted octanol–water partition coefficient (Wildman–Crippen LogP) is 1.90. The van der Waals surface area contributed by atoms with E-state index in [9.17, 15) is 14.4 Å². The van der Waals surface area contributed by atoms with Gasteiger partial charge in [0, 0.05) is 0 Å². The molecule has 0 N–H and O–H groups in total. The van der Waals surface area contributed by atoms with Gasteiger partial charge in [0.2, 0.25) is 0 Å². The summed E-state index contributed by atoms with van der Waals surface area (Å²) in [6.45, 7) is 7.49. The van der Waals surface area contributed by atoms with Crippen LogP contribution >= 0.6 is 0 Å². The Labute approximate surface area is 119 Å². The summed E-state index contributed by atoms with van der Waals surface area (Å²) in [7, 11) is 0. The molecule has 0 radical (unpaired) electrons. The summed E-state index contributed by atoms with van der Waals surface area (Å²) in [5, 5.41) is 0. The molecule has 0 saturated heterocycles. The van der Waals surface area contributed by atoms with Crippen LogP contribution in [0.3, 0.4) is 0 Å². The van der Waals surface area contributed by atoms with Crippen LogP contribution in [0.2, 0.25) is 0 Å². The lowest BCUT2D eigenvalue weighted by molar-refractivity contribution is -0.157. The van der Waals surface area contributed by atoms with Crippen LogP contribution in [-0.2, 0) is 23.9 Å². The van der Waals surface area contributed by atoms with E-state index in [-0.39, 0.29) is 25.0 Å². The predicted molar refractivity (Wildman–Crippen MR) is 72.8 cm³/mol. The highest BCUT2D eigenvalue weighted by Crippen LogP contribution is 2.37. The number of hydrogen-bond donors (Lipinski definition) is 0. The fourth-order valence-corrected chi connectivity index (χ4v) is 2.73. The highest BCUT2D eigenvalue weighted by atomic mass is 16.5. The molecule has 3 atom stereocenters. The Bertz CT molecular complexity index is 424. The van der Waals surface area contributed by atoms with Crippen molar-refractivity contribution in [3.8, 4) is 0 Å². The molecule has 0 aromatic carbocycles. The van der Waals surface area contributed by atoms with E-state index in [1.165, 1.54) is 6.08 Å². The van der Waals surface area contributed by atoms with Gasteiger partial charge in [-0.2, -0.15) is 0 Å². The maximum Gasteiger partial charge on any atom is 0.317 e. The SMILES string of the molecule is CCOC(=O)[C@H]1C(=O)C=C(C)[C@@H](C(=O)OCC)[C@H]1CC. The number of carbonyl (C=O) groups is 3. The third-order valence-electron chi connectivity index (χ3n) is 3.58. The molecule has 1 aliphatic carbocycles. The maximum atomic E-state index is 12.1. The van der Waals surface area contributed by atoms with E-state index in [1.807, 2.05) is 6.92 Å². The van der Waals surface area contributed by atoms with E-state index >= 15 is 0 Å². The van der Waals surface area contributed by atoms with Crippen molar-refractivity contribution in [3.63, 3.8) is 0 Å². The average molecular weight is 282 g/mol. The van der Waals surface area contributed by atoms with E-state index in [4.69, 9.17) is 9.47 Å². The first-order valence-corrected chi connectivity index (χ1v) is 7.03. The normalized spacial score (nSPS) is 25.9. The van der Waals surface area contributed by atoms with E-state index < -0.39 is 23.7 Å². The first kappa shape index (κ1) is 16.4. The van der Waals surface area contributed by atoms with E-state index in [0.29, 0.717) is 12.0 Å². The molecule has 0 spiro atoms. The number of hydrogen-bond acceptors (Lipinski definition) is 5. The number of ether oxygens (including phenoxy) is 2. The summed E-state index contributed by atoms with van der Waals surface area (Å²) in [5.41, 5.74) is 0.654. The van der Waals surface area contributed by atoms with Crippen molar-refractivity contribution in [1.82, 2.24) is 0 Å². The topological polar surface area (TPSA) is 69.7 Å². The summed E-state index contributed by atoms with van der Waals surface area (Å²) in [6, 6.07) is 0. The van der Waals surface area contributed by atoms with Gasteiger partial charge in [0.05, 0.1) is 19.1 Å². The smallest absolute Gasteiger partial charge is 0.317 e. The lowest BCUT2D eigenvalue weighted by Crippen LogP contribution is -2.43. The third kappa shape index (κ3) is 3.26. The van der Waals surface area contributed by atoms with Crippen LogP contribution < -0.4 is 0 Å². The molecule has 1 rings (SSSR count). The molecule has 112 valence electrons. The minimum atomic E-state index is -0.905. The van der Waals surface area contributed by atoms with Crippen LogP contribution in [-0.4, -0.2) is 30.9 Å². The standard InChI is InChI=1S/C15H22O5/c1-5-10-12(14(17)19-6-2)9(4)8-11(16)13(10)15(18)20-7-3/h8,10,12-13H,5-7H2,1-4H3/t10-,12-,13-/m1/s1. The van der Waals surface area contributed by atoms with Gasteiger partial charge in [0.25, 0.3) is 0 Å². The number of esters is 2. The van der Waals surface area contributed by atoms with Crippen molar-refractivity contribution in [2.45, 2.75) is 34.1 Å². The largest absolute Gasteiger partial charge is 0.466 e. The van der Waals surface area contributed by atoms with Crippen molar-refractivity contribution in [3.05, 3.63) is 11.6 Å². The zero-order valence-electron chi connectivity index (χ0n) is 12.5. The van der Waals surface area contributed by atoms with Gasteiger partial charge in [-0.15, -0.1) is 0 Å². The number of carbonyl (C=O) groups excluding carboxylic acids is 3. The van der Waals surface area contributed by atoms with Crippen molar-refractivity contribution in [2.75, 3.05) is 13.2 Å². The first-order chi connectivity index (χ1) is 9.47. The molecule has 5 nitrogen and oxygen atoms in total. The molecule has 0 aromatic rings. The Balaban J connectivity index is 3.12. The molecule has 0 saturated carbocycles. The minimum absolute atomic E-state index is 0.214. The van der Waals surface area contributed by atoms with E-state index in [1.54, 1.807) is 20.8 Å². The second-order valence-electron chi connectivity index (χ2n) is 4.82. The van der Waals surface area contributed by atoms with Crippen molar-refractivity contribution in [2.24, 2.45) is 17.8 Å². The molecule has 0 unspecified atom stereocenters. The summed E-state index contributed by atoms with van der Waals surface area (Å²) in [6.07, 6.45) is 1.90. The Morgan fingerprint density at radius 3 is 2.00 bits per heavy atom. The van der Waals surface area contributed by atoms with Gasteiger partial charge in [-0.05, 0) is 32.8 Å². The summed E-state index contributed by atoms with van der Waals surface area (Å²) in [5.74, 6) is -3.07. The average Bonchev–Trinajstić information content (AvgIpc) is 2.37. The molecule has 0 bridgehead atoms. The maximum absolute atomic E-state index is 12.1. The zero-order valence-corrected chi connectivity index (χ0v) is 12.5. The second kappa shape index (κ2) is 7.22. The van der Waals surface area contributed by atoms with Crippen LogP contribution in [0.1, 0.15) is 34.1 Å². The molecule has 0 aromatic heterocycles. The van der Waals surface area contributed by atoms with Crippen molar-refractivity contribution >= 4 is 17.7 Å². The van der Waals surface area contributed by atoms with Crippen LogP contribution in [0.4, 0.5) is 0 Å². The zero-order chi connectivity index (χ0) is 15.3. The van der Waals surface area contributed by atoms with Gasteiger partial charge >= 0.3 is 11.9 Å². The molecule has 1 aliphatic rings. The molecule has 0 heterocycles. The lowest BCUT2D eigenvalue weighted by atomic mass is 9.70. The highest BCUT2D eigenvalue weighted by Gasteiger charge is 2.45. The van der Waals surface area contributed by atoms with Gasteiger partial charge in [0.15, 0.2) is 5.78 Å². The van der Waals surface area contributed by atoms with E-state index in [0.717, 1.165) is 0 Å². The number of rotatable bonds is 5. The molecule has 20 heavy (non-hydrogen) atoms. The molecular formula is C15H22O5. The fraction of sp³-hybridized carbons (Fsp3) is 0.667. The quantitative estimate of drug-likeness (QED) is 0.569. The van der Waals surface area contributed by atoms with Crippen LogP contribution in [0.25, 0.3) is 0 Å². The highest BCUT2D eigenvalue weighted by molar-refractivity contribution is 6.07. The fourth-order valence-electron chi connectivity index (χ4n) is 2.73. The second-order valence-corrected chi connectivity index (χ2v) is 4.82. The summed E-state index contributed by atoms with van der Waals surface area (Å²) < 4.78 is 10.0. The van der Waals surface area contributed by atoms with Crippen LogP contribution in [0, 0.1) is 17.8 Å². The Hall–Kier alpha value is -1.65. The van der Waals surface area contributed by atoms with Gasteiger partial charge in [-0.25, -0.2) is 0 Å². The Morgan fingerprint density at radius 1 is 1.05 bits per heavy atom. The molecule has 0 fully saturated rings. The third-order valence-corrected chi connectivity index (χ3v) is 3.58. The summed E-state index contributed by atoms with van der Waals surface area (Å²) in [4.78, 5) is 36.2. The molecule has 5 heteroatoms. The van der Waals surface area contributed by atoms with Crippen molar-refractivity contribution < 1.29 is 23.9 Å². The summed E-state index contributed by atoms with van der Waals surface area (Å²) >= 11 is 0. The van der Waals surface area contributed by atoms with Crippen LogP contribution in [0.5, 0.6) is 0 Å². The lowest BCUT2D eigenvalue weighted by Gasteiger charge is -2.33. The monoisotopic (exact) mass is 282 g/mol. The molecule has 0 amide bonds. The number of allylic oxidation sites excluding steroid dienone is 1. The molecule has 0 aliphatic heterocycles. The van der Waals surface area contributed by atoms with Gasteiger partial charge in [0.1, 0.15) is 5.92 Å². The van der Waals surface area contributed by atoms with Crippen LogP contribution in [0.15, 0.2) is 11.6 Å². The van der Waals surface area contributed by atoms with Gasteiger partial charge < -0.3 is 9.47 Å². The first-order valence-electron chi connectivity index (χ1n) is 7.03. The Morgan fingerprint density at radius 2 is 1.55 bits per heavy atom. The van der Waals surface area contributed by atoms with Crippen molar-refractivity contribution in [1.29, 1.82) is 0 Å². The molecular weight excluding hydrogens is 260 g/mol. The number of ketones is 1.